The van der Waals surface area contributed by atoms with Gasteiger partial charge >= 0.3 is 5.97 Å². The second kappa shape index (κ2) is 18.4. The quantitative estimate of drug-likeness (QED) is 0.0572. The van der Waals surface area contributed by atoms with Crippen molar-refractivity contribution in [2.24, 2.45) is 17.8 Å². The number of allylic oxidation sites excluding steroid dienone is 1. The first kappa shape index (κ1) is 42.2. The van der Waals surface area contributed by atoms with Gasteiger partial charge in [0, 0.05) is 24.8 Å². The maximum Gasteiger partial charge on any atom is 0.330 e. The number of aliphatic hydroxyl groups is 13. The van der Waals surface area contributed by atoms with E-state index < -0.39 is 117 Å². The molecule has 54 heavy (non-hydrogen) atoms. The minimum absolute atomic E-state index is 0.0392. The second-order valence-electron chi connectivity index (χ2n) is 16.1. The first-order chi connectivity index (χ1) is 25.7. The average Bonchev–Trinajstić information content (AvgIpc) is 3.15. The van der Waals surface area contributed by atoms with Crippen LogP contribution in [0.3, 0.4) is 0 Å². The highest BCUT2D eigenvalue weighted by Crippen LogP contribution is 2.42. The van der Waals surface area contributed by atoms with Crippen LogP contribution in [0.2, 0.25) is 0 Å². The molecule has 18 heteroatoms. The smallest absolute Gasteiger partial charge is 0.330 e. The zero-order valence-electron chi connectivity index (χ0n) is 30.1. The maximum atomic E-state index is 12.8. The van der Waals surface area contributed by atoms with Gasteiger partial charge in [-0.25, -0.2) is 4.79 Å². The number of hydrogen-bond acceptors (Lipinski definition) is 17. The summed E-state index contributed by atoms with van der Waals surface area (Å²) in [6.07, 6.45) is -13.0. The molecule has 19 atom stereocenters. The number of rotatable bonds is 10. The topological polar surface area (TPSA) is 299 Å². The monoisotopic (exact) mass is 779 g/mol. The molecule has 3 aliphatic heterocycles. The van der Waals surface area contributed by atoms with Gasteiger partial charge in [-0.05, 0) is 57.3 Å². The number of carbonyl (C=O) groups is 1. The van der Waals surface area contributed by atoms with Crippen LogP contribution in [0, 0.1) is 17.8 Å². The van der Waals surface area contributed by atoms with Gasteiger partial charge in [0.25, 0.3) is 0 Å². The summed E-state index contributed by atoms with van der Waals surface area (Å²) in [5.74, 6) is -1.34. The Morgan fingerprint density at radius 2 is 1.28 bits per heavy atom. The Balaban J connectivity index is 1.04. The standard InChI is InChI=1S/C36H58O18/c37-13-25-28(43)30(45)32(47)35(53-25)51-23-9-15(1-7-20(23)40)2-8-27(42)49-14-26-29(44)31(46)33(48)36(54-26)52-24-12-19-21(41)10-18(39)11-22(19)50-34(24)16-3-5-17(38)6-4-16/h2,8,15-26,28-41,43-48H,1,3-7,9-14H2/p+1/t15?,16?,17?,18?,19?,20?,21?,22?,23?,24?,25-,26-,28-,29-,30+,31+,32-,33-,34?,35-,36-/m1/s1. The fourth-order valence-electron chi connectivity index (χ4n) is 9.06. The molecular formula is C36H59O18+. The van der Waals surface area contributed by atoms with Gasteiger partial charge in [-0.1, -0.05) is 6.08 Å². The van der Waals surface area contributed by atoms with Crippen LogP contribution in [0.4, 0.5) is 0 Å². The Labute approximate surface area is 312 Å². The number of esters is 1. The third-order valence-corrected chi connectivity index (χ3v) is 12.3. The molecule has 0 amide bonds. The molecule has 12 N–H and O–H groups in total. The summed E-state index contributed by atoms with van der Waals surface area (Å²) in [7, 11) is 0. The largest absolute Gasteiger partial charge is 0.460 e. The number of hydrogen-bond donors (Lipinski definition) is 11. The first-order valence-corrected chi connectivity index (χ1v) is 19.3. The second-order valence-corrected chi connectivity index (χ2v) is 16.1. The molecule has 0 aromatic rings. The lowest BCUT2D eigenvalue weighted by Gasteiger charge is -2.48. The molecular weight excluding hydrogens is 720 g/mol. The minimum Gasteiger partial charge on any atom is -0.460 e. The number of ether oxygens (including phenoxy) is 6. The predicted molar refractivity (Wildman–Crippen MR) is 181 cm³/mol. The van der Waals surface area contributed by atoms with Gasteiger partial charge in [-0.15, -0.1) is 0 Å². The molecule has 310 valence electrons. The van der Waals surface area contributed by atoms with Gasteiger partial charge in [0.1, 0.15) is 61.5 Å². The van der Waals surface area contributed by atoms with Gasteiger partial charge in [-0.2, -0.15) is 0 Å². The lowest BCUT2D eigenvalue weighted by Crippen LogP contribution is -2.63. The Kier molecular flexibility index (Phi) is 14.4. The normalized spacial score (nSPS) is 50.4. The molecule has 3 aliphatic carbocycles. The van der Waals surface area contributed by atoms with Crippen molar-refractivity contribution in [3.05, 3.63) is 12.2 Å². The van der Waals surface area contributed by atoms with Crippen molar-refractivity contribution in [1.29, 1.82) is 0 Å². The molecule has 0 aromatic carbocycles. The highest BCUT2D eigenvalue weighted by atomic mass is 16.7. The third-order valence-electron chi connectivity index (χ3n) is 12.3. The lowest BCUT2D eigenvalue weighted by molar-refractivity contribution is -0.355. The summed E-state index contributed by atoms with van der Waals surface area (Å²) in [4.78, 5) is 12.8. The van der Waals surface area contributed by atoms with Gasteiger partial charge in [0.15, 0.2) is 24.8 Å². The van der Waals surface area contributed by atoms with Gasteiger partial charge < -0.3 is 84.6 Å². The maximum absolute atomic E-state index is 12.8. The van der Waals surface area contributed by atoms with Crippen molar-refractivity contribution in [1.82, 2.24) is 0 Å². The summed E-state index contributed by atoms with van der Waals surface area (Å²) < 4.78 is 33.8. The minimum atomic E-state index is -1.70. The van der Waals surface area contributed by atoms with Crippen molar-refractivity contribution in [3.8, 4) is 0 Å². The first-order valence-electron chi connectivity index (χ1n) is 19.3. The number of aliphatic hydroxyl groups excluding tert-OH is 11. The van der Waals surface area contributed by atoms with Gasteiger partial charge in [0.2, 0.25) is 0 Å². The average molecular weight is 780 g/mol. The molecule has 0 bridgehead atoms. The SMILES string of the molecule is O=C(C=CC1CCC(O)C(O[C@@H]2O[C@H](CO)[C@@H](O)[C@H](O)[C@H]2O)C1)OC[C@H]1O[C@@H](OC2CC3C(O)CC(O)CC3[OH+]C2C2CCC(O)CC2)[C@H](O)[C@@H](O)[C@@H]1O. The summed E-state index contributed by atoms with van der Waals surface area (Å²) in [5.41, 5.74) is 0. The fourth-order valence-corrected chi connectivity index (χ4v) is 9.06. The van der Waals surface area contributed by atoms with E-state index in [9.17, 15) is 61.0 Å². The molecule has 18 nitrogen and oxygen atoms in total. The van der Waals surface area contributed by atoms with E-state index in [1.165, 1.54) is 6.08 Å². The molecule has 9 unspecified atom stereocenters. The van der Waals surface area contributed by atoms with Crippen molar-refractivity contribution in [3.63, 3.8) is 0 Å². The van der Waals surface area contributed by atoms with Crippen molar-refractivity contribution < 1.29 is 89.4 Å². The van der Waals surface area contributed by atoms with Gasteiger partial charge in [0.05, 0.1) is 43.0 Å². The molecule has 0 radical (unpaired) electrons. The van der Waals surface area contributed by atoms with E-state index in [1.54, 1.807) is 6.08 Å². The van der Waals surface area contributed by atoms with Crippen LogP contribution >= 0.6 is 0 Å². The zero-order chi connectivity index (χ0) is 38.8. The Bertz CT molecular complexity index is 1230. The fraction of sp³-hybridized carbons (Fsp3) is 0.917. The van der Waals surface area contributed by atoms with Crippen LogP contribution in [0.5, 0.6) is 0 Å². The van der Waals surface area contributed by atoms with Crippen LogP contribution in [0.1, 0.15) is 64.2 Å². The third kappa shape index (κ3) is 9.63. The molecule has 0 spiro atoms. The van der Waals surface area contributed by atoms with E-state index >= 15 is 0 Å². The van der Waals surface area contributed by atoms with Gasteiger partial charge in [-0.3, -0.25) is 0 Å². The highest BCUT2D eigenvalue weighted by Gasteiger charge is 2.54. The van der Waals surface area contributed by atoms with Crippen LogP contribution in [-0.2, 0) is 28.5 Å². The van der Waals surface area contributed by atoms with E-state index in [4.69, 9.17) is 28.4 Å². The molecule has 3 saturated heterocycles. The van der Waals surface area contributed by atoms with E-state index in [1.807, 2.05) is 0 Å². The summed E-state index contributed by atoms with van der Waals surface area (Å²) in [6.45, 7) is -1.13. The van der Waals surface area contributed by atoms with Crippen LogP contribution in [0.15, 0.2) is 12.2 Å². The molecule has 3 heterocycles. The summed E-state index contributed by atoms with van der Waals surface area (Å²) >= 11 is 0. The molecule has 6 fully saturated rings. The van der Waals surface area contributed by atoms with E-state index in [0.29, 0.717) is 44.9 Å². The molecule has 6 aliphatic rings. The Hall–Kier alpha value is -1.43. The number of fused-ring (bicyclic) bond motifs is 1. The van der Waals surface area contributed by atoms with E-state index in [0.717, 1.165) is 0 Å². The molecule has 0 aromatic heterocycles. The van der Waals surface area contributed by atoms with Crippen LogP contribution < -0.4 is 0 Å². The molecule has 6 rings (SSSR count). The van der Waals surface area contributed by atoms with Crippen molar-refractivity contribution >= 4 is 5.97 Å². The zero-order valence-corrected chi connectivity index (χ0v) is 30.1. The van der Waals surface area contributed by atoms with Crippen LogP contribution in [-0.4, -0.2) is 190 Å². The Morgan fingerprint density at radius 3 is 1.94 bits per heavy atom. The molecule has 3 saturated carbocycles. The lowest BCUT2D eigenvalue weighted by atomic mass is 9.73. The van der Waals surface area contributed by atoms with E-state index in [-0.39, 0.29) is 49.2 Å². The van der Waals surface area contributed by atoms with Crippen molar-refractivity contribution in [2.45, 2.75) is 174 Å². The van der Waals surface area contributed by atoms with Crippen molar-refractivity contribution in [2.75, 3.05) is 13.2 Å². The predicted octanol–water partition coefficient (Wildman–Crippen LogP) is -4.02. The number of carbonyl (C=O) groups excluding carboxylic acids is 1. The highest BCUT2D eigenvalue weighted by molar-refractivity contribution is 5.81. The summed E-state index contributed by atoms with van der Waals surface area (Å²) in [5, 5.41) is 114. The van der Waals surface area contributed by atoms with E-state index in [2.05, 4.69) is 0 Å². The van der Waals surface area contributed by atoms with Crippen LogP contribution in [0.25, 0.3) is 0 Å². The summed E-state index contributed by atoms with van der Waals surface area (Å²) in [6, 6.07) is 0. The Morgan fingerprint density at radius 1 is 0.648 bits per heavy atom.